The Labute approximate surface area is 165 Å². The number of nitrogens with two attached hydrogens (primary N) is 1. The number of aliphatic imine (C=N–C) groups is 1. The molecule has 7 heteroatoms. The average molecular weight is 384 g/mol. The van der Waals surface area contributed by atoms with Crippen LogP contribution in [0.5, 0.6) is 11.5 Å². The van der Waals surface area contributed by atoms with Crippen LogP contribution in [0.1, 0.15) is 26.3 Å². The number of benzene rings is 2. The smallest absolute Gasteiger partial charge is 0.257 e. The van der Waals surface area contributed by atoms with Gasteiger partial charge in [-0.1, -0.05) is 12.1 Å². The minimum Gasteiger partial charge on any atom is -0.491 e. The van der Waals surface area contributed by atoms with Crippen LogP contribution in [0.25, 0.3) is 0 Å². The number of hydrogen-bond donors (Lipinski definition) is 3. The first-order valence-corrected chi connectivity index (χ1v) is 9.28. The Morgan fingerprint density at radius 2 is 1.89 bits per heavy atom. The van der Waals surface area contributed by atoms with Crippen molar-refractivity contribution in [3.8, 4) is 11.5 Å². The molecule has 0 aromatic heterocycles. The lowest BCUT2D eigenvalue weighted by Crippen LogP contribution is -2.28. The molecule has 0 aliphatic rings. The van der Waals surface area contributed by atoms with Crippen LogP contribution in [-0.2, 0) is 11.3 Å². The summed E-state index contributed by atoms with van der Waals surface area (Å²) in [5.41, 5.74) is 7.73. The van der Waals surface area contributed by atoms with Gasteiger partial charge in [0.25, 0.3) is 5.91 Å². The van der Waals surface area contributed by atoms with Gasteiger partial charge in [0.05, 0.1) is 12.6 Å². The number of likely N-dealkylation sites (N-methyl/N-ethyl adjacent to an activating group) is 1. The van der Waals surface area contributed by atoms with Crippen LogP contribution in [0, 0.1) is 0 Å². The number of nitrogens with one attached hydrogen (secondary N) is 2. The van der Waals surface area contributed by atoms with E-state index in [1.807, 2.05) is 63.2 Å². The van der Waals surface area contributed by atoms with Crippen LogP contribution < -0.4 is 25.8 Å². The highest BCUT2D eigenvalue weighted by molar-refractivity contribution is 5.92. The maximum Gasteiger partial charge on any atom is 0.257 e. The summed E-state index contributed by atoms with van der Waals surface area (Å²) in [5, 5.41) is 5.74. The number of hydrogen-bond acceptors (Lipinski definition) is 4. The van der Waals surface area contributed by atoms with Gasteiger partial charge in [-0.3, -0.25) is 4.79 Å². The predicted octanol–water partition coefficient (Wildman–Crippen LogP) is 2.92. The number of ether oxygens (including phenoxy) is 2. The molecule has 0 radical (unpaired) electrons. The molecular formula is C21H28N4O3. The van der Waals surface area contributed by atoms with Gasteiger partial charge < -0.3 is 25.8 Å². The predicted molar refractivity (Wildman–Crippen MR) is 112 cm³/mol. The van der Waals surface area contributed by atoms with Crippen LogP contribution in [0.15, 0.2) is 53.5 Å². The summed E-state index contributed by atoms with van der Waals surface area (Å²) in [6, 6.07) is 15.0. The fourth-order valence-electron chi connectivity index (χ4n) is 2.38. The minimum atomic E-state index is -0.149. The van der Waals surface area contributed by atoms with Crippen molar-refractivity contribution < 1.29 is 14.3 Å². The molecule has 0 aliphatic heterocycles. The molecule has 2 aromatic carbocycles. The van der Waals surface area contributed by atoms with Crippen LogP contribution in [-0.4, -0.2) is 31.1 Å². The van der Waals surface area contributed by atoms with Crippen molar-refractivity contribution in [1.82, 2.24) is 5.32 Å². The first-order chi connectivity index (χ1) is 13.5. The molecule has 0 unspecified atom stereocenters. The third-order valence-corrected chi connectivity index (χ3v) is 3.57. The van der Waals surface area contributed by atoms with Crippen molar-refractivity contribution in [1.29, 1.82) is 0 Å². The highest BCUT2D eigenvalue weighted by Crippen LogP contribution is 2.17. The summed E-state index contributed by atoms with van der Waals surface area (Å²) >= 11 is 0. The molecule has 0 saturated heterocycles. The SMILES string of the molecule is CCNC(=O)COc1cccc(CN=C(N)Nc2ccc(OC(C)C)cc2)c1. The maximum atomic E-state index is 11.5. The lowest BCUT2D eigenvalue weighted by atomic mass is 10.2. The van der Waals surface area contributed by atoms with E-state index in [4.69, 9.17) is 15.2 Å². The molecule has 0 aliphatic carbocycles. The van der Waals surface area contributed by atoms with Gasteiger partial charge in [-0.15, -0.1) is 0 Å². The molecule has 0 bridgehead atoms. The summed E-state index contributed by atoms with van der Waals surface area (Å²) in [6.45, 7) is 6.79. The molecule has 0 fully saturated rings. The zero-order chi connectivity index (χ0) is 20.4. The Bertz CT molecular complexity index is 788. The summed E-state index contributed by atoms with van der Waals surface area (Å²) in [5.74, 6) is 1.59. The molecule has 150 valence electrons. The summed E-state index contributed by atoms with van der Waals surface area (Å²) in [4.78, 5) is 15.8. The van der Waals surface area contributed by atoms with Gasteiger partial charge in [0.15, 0.2) is 12.6 Å². The maximum absolute atomic E-state index is 11.5. The molecule has 0 atom stereocenters. The van der Waals surface area contributed by atoms with Crippen molar-refractivity contribution in [2.75, 3.05) is 18.5 Å². The average Bonchev–Trinajstić information content (AvgIpc) is 2.66. The Morgan fingerprint density at radius 1 is 1.14 bits per heavy atom. The number of nitrogens with zero attached hydrogens (tertiary/aromatic N) is 1. The molecule has 2 rings (SSSR count). The molecule has 0 heterocycles. The van der Waals surface area contributed by atoms with E-state index < -0.39 is 0 Å². The van der Waals surface area contributed by atoms with E-state index in [9.17, 15) is 4.79 Å². The minimum absolute atomic E-state index is 0.0131. The van der Waals surface area contributed by atoms with E-state index in [1.54, 1.807) is 6.07 Å². The van der Waals surface area contributed by atoms with E-state index >= 15 is 0 Å². The highest BCUT2D eigenvalue weighted by Gasteiger charge is 2.03. The number of amides is 1. The van der Waals surface area contributed by atoms with Crippen molar-refractivity contribution in [2.24, 2.45) is 10.7 Å². The van der Waals surface area contributed by atoms with Gasteiger partial charge in [0, 0.05) is 12.2 Å². The van der Waals surface area contributed by atoms with Gasteiger partial charge >= 0.3 is 0 Å². The van der Waals surface area contributed by atoms with Gasteiger partial charge in [0.2, 0.25) is 0 Å². The van der Waals surface area contributed by atoms with E-state index in [-0.39, 0.29) is 18.6 Å². The van der Waals surface area contributed by atoms with Crippen molar-refractivity contribution in [3.05, 3.63) is 54.1 Å². The van der Waals surface area contributed by atoms with E-state index in [1.165, 1.54) is 0 Å². The topological polar surface area (TPSA) is 98.0 Å². The van der Waals surface area contributed by atoms with Crippen molar-refractivity contribution in [3.63, 3.8) is 0 Å². The van der Waals surface area contributed by atoms with E-state index in [0.717, 1.165) is 17.0 Å². The second-order valence-corrected chi connectivity index (χ2v) is 6.41. The monoisotopic (exact) mass is 384 g/mol. The van der Waals surface area contributed by atoms with Crippen LogP contribution >= 0.6 is 0 Å². The summed E-state index contributed by atoms with van der Waals surface area (Å²) in [6.07, 6.45) is 0.131. The largest absolute Gasteiger partial charge is 0.491 e. The van der Waals surface area contributed by atoms with Crippen LogP contribution in [0.4, 0.5) is 5.69 Å². The molecule has 0 spiro atoms. The second-order valence-electron chi connectivity index (χ2n) is 6.41. The molecule has 1 amide bonds. The normalized spacial score (nSPS) is 11.2. The Kier molecular flexibility index (Phi) is 8.14. The zero-order valence-corrected chi connectivity index (χ0v) is 16.6. The lowest BCUT2D eigenvalue weighted by Gasteiger charge is -2.11. The Balaban J connectivity index is 1.88. The Morgan fingerprint density at radius 3 is 2.57 bits per heavy atom. The first kappa shape index (κ1) is 21.1. The molecule has 2 aromatic rings. The van der Waals surface area contributed by atoms with Crippen LogP contribution in [0.2, 0.25) is 0 Å². The van der Waals surface area contributed by atoms with Crippen molar-refractivity contribution in [2.45, 2.75) is 33.4 Å². The molecule has 28 heavy (non-hydrogen) atoms. The third kappa shape index (κ3) is 7.57. The van der Waals surface area contributed by atoms with E-state index in [2.05, 4.69) is 15.6 Å². The third-order valence-electron chi connectivity index (χ3n) is 3.57. The standard InChI is InChI=1S/C21H28N4O3/c1-4-23-20(26)14-27-19-7-5-6-16(12-19)13-24-21(22)25-17-8-10-18(11-9-17)28-15(2)3/h5-12,15H,4,13-14H2,1-3H3,(H,23,26)(H3,22,24,25). The molecule has 7 nitrogen and oxygen atoms in total. The fraction of sp³-hybridized carbons (Fsp3) is 0.333. The number of anilines is 1. The second kappa shape index (κ2) is 10.8. The van der Waals surface area contributed by atoms with Gasteiger partial charge in [-0.05, 0) is 62.7 Å². The molecular weight excluding hydrogens is 356 g/mol. The lowest BCUT2D eigenvalue weighted by molar-refractivity contribution is -0.122. The summed E-state index contributed by atoms with van der Waals surface area (Å²) in [7, 11) is 0. The Hall–Kier alpha value is -3.22. The summed E-state index contributed by atoms with van der Waals surface area (Å²) < 4.78 is 11.1. The molecule has 4 N–H and O–H groups in total. The fourth-order valence-corrected chi connectivity index (χ4v) is 2.38. The van der Waals surface area contributed by atoms with E-state index in [0.29, 0.717) is 24.8 Å². The van der Waals surface area contributed by atoms with Gasteiger partial charge in [-0.25, -0.2) is 4.99 Å². The number of guanidine groups is 1. The first-order valence-electron chi connectivity index (χ1n) is 9.28. The number of rotatable bonds is 9. The van der Waals surface area contributed by atoms with Gasteiger partial charge in [-0.2, -0.15) is 0 Å². The van der Waals surface area contributed by atoms with Gasteiger partial charge in [0.1, 0.15) is 11.5 Å². The number of carbonyl (C=O) groups excluding carboxylic acids is 1. The van der Waals surface area contributed by atoms with Crippen molar-refractivity contribution >= 4 is 17.6 Å². The highest BCUT2D eigenvalue weighted by atomic mass is 16.5. The van der Waals surface area contributed by atoms with Crippen LogP contribution in [0.3, 0.4) is 0 Å². The zero-order valence-electron chi connectivity index (χ0n) is 16.6. The quantitative estimate of drug-likeness (QED) is 0.456. The number of carbonyl (C=O) groups is 1. The molecule has 0 saturated carbocycles.